The first-order valence-electron chi connectivity index (χ1n) is 10.6. The maximum atomic E-state index is 13.2. The molecule has 1 spiro atoms. The normalized spacial score (nSPS) is 24.0. The summed E-state index contributed by atoms with van der Waals surface area (Å²) in [5.74, 6) is -0.547. The summed E-state index contributed by atoms with van der Waals surface area (Å²) < 4.78 is 18.8. The molecule has 0 radical (unpaired) electrons. The summed E-state index contributed by atoms with van der Waals surface area (Å²) in [7, 11) is 1.76. The quantitative estimate of drug-likeness (QED) is 0.473. The molecule has 7 nitrogen and oxygen atoms in total. The Morgan fingerprint density at radius 3 is 2.52 bits per heavy atom. The van der Waals surface area contributed by atoms with Crippen molar-refractivity contribution in [3.05, 3.63) is 105 Å². The van der Waals surface area contributed by atoms with Crippen LogP contribution in [0, 0.1) is 15.9 Å². The average molecular weight is 447 g/mol. The van der Waals surface area contributed by atoms with E-state index in [1.807, 2.05) is 12.1 Å². The molecule has 3 aromatic rings. The van der Waals surface area contributed by atoms with E-state index in [0.29, 0.717) is 23.5 Å². The van der Waals surface area contributed by atoms with E-state index in [-0.39, 0.29) is 23.3 Å². The number of carbonyl (C=O) groups is 1. The van der Waals surface area contributed by atoms with Gasteiger partial charge in [0.25, 0.3) is 11.9 Å². The van der Waals surface area contributed by atoms with Crippen molar-refractivity contribution in [2.24, 2.45) is 0 Å². The molecule has 2 aliphatic rings. The van der Waals surface area contributed by atoms with Gasteiger partial charge in [-0.1, -0.05) is 42.5 Å². The minimum absolute atomic E-state index is 0.281. The zero-order valence-corrected chi connectivity index (χ0v) is 17.9. The number of hydrogen-bond donors (Lipinski definition) is 1. The Kier molecular flexibility index (Phi) is 5.09. The molecule has 0 saturated carbocycles. The molecular formula is C25H22FN3O4. The second kappa shape index (κ2) is 7.97. The SMILES string of the molecule is CN1C[C@H](c2ccc(OCc3ccc(F)cc3)cc2)[C@H]([N+](=O)[O-])[C@@]12C(=O)Nc1ccccc12. The lowest BCUT2D eigenvalue weighted by molar-refractivity contribution is -0.534. The maximum Gasteiger partial charge on any atom is 0.256 e. The molecule has 3 aromatic carbocycles. The van der Waals surface area contributed by atoms with Crippen LogP contribution >= 0.6 is 0 Å². The first kappa shape index (κ1) is 21.1. The summed E-state index contributed by atoms with van der Waals surface area (Å²) in [6.07, 6.45) is 0. The van der Waals surface area contributed by atoms with Gasteiger partial charge >= 0.3 is 0 Å². The van der Waals surface area contributed by atoms with E-state index in [1.165, 1.54) is 12.1 Å². The maximum absolute atomic E-state index is 13.2. The van der Waals surface area contributed by atoms with E-state index in [2.05, 4.69) is 5.32 Å². The van der Waals surface area contributed by atoms with E-state index in [0.717, 1.165) is 11.1 Å². The zero-order valence-electron chi connectivity index (χ0n) is 17.9. The van der Waals surface area contributed by atoms with Gasteiger partial charge in [0.05, 0.1) is 5.92 Å². The van der Waals surface area contributed by atoms with Crippen molar-refractivity contribution < 1.29 is 18.8 Å². The molecule has 8 heteroatoms. The number of amides is 1. The first-order chi connectivity index (χ1) is 15.9. The highest BCUT2D eigenvalue weighted by molar-refractivity contribution is 6.06. The monoisotopic (exact) mass is 447 g/mol. The van der Waals surface area contributed by atoms with Gasteiger partial charge < -0.3 is 10.1 Å². The number of ether oxygens (including phenoxy) is 1. The van der Waals surface area contributed by atoms with Gasteiger partial charge in [-0.2, -0.15) is 0 Å². The topological polar surface area (TPSA) is 84.7 Å². The number of benzene rings is 3. The Bertz CT molecular complexity index is 1220. The summed E-state index contributed by atoms with van der Waals surface area (Å²) >= 11 is 0. The smallest absolute Gasteiger partial charge is 0.256 e. The number of anilines is 1. The van der Waals surface area contributed by atoms with Crippen molar-refractivity contribution in [2.75, 3.05) is 18.9 Å². The third kappa shape index (κ3) is 3.34. The van der Waals surface area contributed by atoms with Crippen molar-refractivity contribution in [3.63, 3.8) is 0 Å². The Hall–Kier alpha value is -3.78. The molecule has 2 heterocycles. The Balaban J connectivity index is 1.42. The van der Waals surface area contributed by atoms with Crippen LogP contribution in [0.2, 0.25) is 0 Å². The number of nitro groups is 1. The minimum Gasteiger partial charge on any atom is -0.489 e. The number of nitrogens with zero attached hydrogens (tertiary/aromatic N) is 2. The average Bonchev–Trinajstić information content (AvgIpc) is 3.29. The van der Waals surface area contributed by atoms with Gasteiger partial charge in [0.1, 0.15) is 18.2 Å². The van der Waals surface area contributed by atoms with E-state index in [4.69, 9.17) is 4.74 Å². The molecule has 0 unspecified atom stereocenters. The molecule has 1 N–H and O–H groups in total. The highest BCUT2D eigenvalue weighted by Crippen LogP contribution is 2.51. The fraction of sp³-hybridized carbons (Fsp3) is 0.240. The Labute approximate surface area is 189 Å². The lowest BCUT2D eigenvalue weighted by Gasteiger charge is -2.30. The van der Waals surface area contributed by atoms with Crippen molar-refractivity contribution in [1.82, 2.24) is 4.90 Å². The van der Waals surface area contributed by atoms with Gasteiger partial charge in [0, 0.05) is 22.7 Å². The van der Waals surface area contributed by atoms with Crippen LogP contribution in [0.1, 0.15) is 22.6 Å². The fourth-order valence-corrected chi connectivity index (χ4v) is 5.14. The summed E-state index contributed by atoms with van der Waals surface area (Å²) in [6, 6.07) is 19.2. The minimum atomic E-state index is -1.36. The number of likely N-dealkylation sites (N-methyl/N-ethyl adjacent to an activating group) is 1. The molecule has 2 aliphatic heterocycles. The predicted molar refractivity (Wildman–Crippen MR) is 120 cm³/mol. The van der Waals surface area contributed by atoms with E-state index < -0.39 is 17.5 Å². The van der Waals surface area contributed by atoms with Crippen molar-refractivity contribution >= 4 is 11.6 Å². The summed E-state index contributed by atoms with van der Waals surface area (Å²) in [5.41, 5.74) is 1.50. The second-order valence-electron chi connectivity index (χ2n) is 8.47. The van der Waals surface area contributed by atoms with E-state index >= 15 is 0 Å². The molecule has 1 amide bonds. The third-order valence-corrected chi connectivity index (χ3v) is 6.67. The first-order valence-corrected chi connectivity index (χ1v) is 10.6. The van der Waals surface area contributed by atoms with Crippen molar-refractivity contribution in [2.45, 2.75) is 24.1 Å². The van der Waals surface area contributed by atoms with Gasteiger partial charge in [-0.15, -0.1) is 0 Å². The molecule has 0 aliphatic carbocycles. The fourth-order valence-electron chi connectivity index (χ4n) is 5.14. The Morgan fingerprint density at radius 2 is 1.82 bits per heavy atom. The number of hydrogen-bond acceptors (Lipinski definition) is 5. The van der Waals surface area contributed by atoms with Gasteiger partial charge in [0.15, 0.2) is 5.54 Å². The molecule has 1 saturated heterocycles. The van der Waals surface area contributed by atoms with Crippen molar-refractivity contribution in [3.8, 4) is 5.75 Å². The third-order valence-electron chi connectivity index (χ3n) is 6.67. The van der Waals surface area contributed by atoms with E-state index in [9.17, 15) is 19.3 Å². The number of likely N-dealkylation sites (tertiary alicyclic amines) is 1. The highest BCUT2D eigenvalue weighted by Gasteiger charge is 2.68. The largest absolute Gasteiger partial charge is 0.489 e. The number of rotatable bonds is 5. The van der Waals surface area contributed by atoms with Crippen LogP contribution in [0.5, 0.6) is 5.75 Å². The van der Waals surface area contributed by atoms with Crippen LogP contribution in [0.15, 0.2) is 72.8 Å². The van der Waals surface area contributed by atoms with Crippen LogP contribution in [-0.4, -0.2) is 35.4 Å². The summed E-state index contributed by atoms with van der Waals surface area (Å²) in [5, 5.41) is 15.2. The lowest BCUT2D eigenvalue weighted by atomic mass is 9.79. The van der Waals surface area contributed by atoms with Gasteiger partial charge in [-0.25, -0.2) is 4.39 Å². The van der Waals surface area contributed by atoms with Crippen LogP contribution in [-0.2, 0) is 16.9 Å². The van der Waals surface area contributed by atoms with Crippen LogP contribution in [0.3, 0.4) is 0 Å². The van der Waals surface area contributed by atoms with Crippen molar-refractivity contribution in [1.29, 1.82) is 0 Å². The molecule has 5 rings (SSSR count). The summed E-state index contributed by atoms with van der Waals surface area (Å²) in [6.45, 7) is 0.645. The zero-order chi connectivity index (χ0) is 23.2. The number of para-hydroxylation sites is 1. The molecule has 0 aromatic heterocycles. The van der Waals surface area contributed by atoms with Gasteiger partial charge in [-0.3, -0.25) is 19.8 Å². The molecule has 33 heavy (non-hydrogen) atoms. The standard InChI is InChI=1S/C25H22FN3O4/c1-28-14-20(17-8-12-19(13-9-17)33-15-16-6-10-18(26)11-7-16)23(29(31)32)25(28)21-4-2-3-5-22(21)27-24(25)30/h2-13,20,23H,14-15H2,1H3,(H,27,30)/t20-,23+,25+/m1/s1. The molecule has 3 atom stereocenters. The molecule has 0 bridgehead atoms. The van der Waals surface area contributed by atoms with Gasteiger partial charge in [-0.05, 0) is 48.5 Å². The van der Waals surface area contributed by atoms with E-state index in [1.54, 1.807) is 60.5 Å². The highest BCUT2D eigenvalue weighted by atomic mass is 19.1. The number of carbonyl (C=O) groups excluding carboxylic acids is 1. The van der Waals surface area contributed by atoms with Crippen LogP contribution in [0.25, 0.3) is 0 Å². The molecular weight excluding hydrogens is 425 g/mol. The second-order valence-corrected chi connectivity index (χ2v) is 8.47. The number of halogens is 1. The predicted octanol–water partition coefficient (Wildman–Crippen LogP) is 3.93. The van der Waals surface area contributed by atoms with Gasteiger partial charge in [0.2, 0.25) is 0 Å². The summed E-state index contributed by atoms with van der Waals surface area (Å²) in [4.78, 5) is 27.0. The van der Waals surface area contributed by atoms with Crippen LogP contribution in [0.4, 0.5) is 10.1 Å². The van der Waals surface area contributed by atoms with Crippen LogP contribution < -0.4 is 10.1 Å². The number of fused-ring (bicyclic) bond motifs is 2. The number of nitrogens with one attached hydrogen (secondary N) is 1. The lowest BCUT2D eigenvalue weighted by Crippen LogP contribution is -2.54. The Morgan fingerprint density at radius 1 is 1.12 bits per heavy atom. The molecule has 1 fully saturated rings. The molecule has 168 valence electrons.